The van der Waals surface area contributed by atoms with Crippen molar-refractivity contribution in [1.82, 2.24) is 5.32 Å². The molecule has 96 valence electrons. The van der Waals surface area contributed by atoms with Crippen LogP contribution in [0, 0.1) is 5.82 Å². The van der Waals surface area contributed by atoms with Crippen molar-refractivity contribution < 1.29 is 4.39 Å². The second-order valence-corrected chi connectivity index (χ2v) is 5.68. The maximum atomic E-state index is 13.0. The second kappa shape index (κ2) is 6.02. The first-order valence-corrected chi connectivity index (χ1v) is 7.09. The van der Waals surface area contributed by atoms with Crippen LogP contribution in [0.4, 0.5) is 4.39 Å². The first kappa shape index (κ1) is 13.8. The minimum atomic E-state index is -0.320. The number of benzene rings is 1. The van der Waals surface area contributed by atoms with Crippen LogP contribution >= 0.6 is 34.5 Å². The number of halogens is 3. The van der Waals surface area contributed by atoms with Gasteiger partial charge in [-0.2, -0.15) is 0 Å². The maximum absolute atomic E-state index is 13.0. The molecule has 1 aromatic heterocycles. The predicted molar refractivity (Wildman–Crippen MR) is 76.2 cm³/mol. The Balaban J connectivity index is 2.23. The molecule has 1 aromatic carbocycles. The Morgan fingerprint density at radius 1 is 1.28 bits per heavy atom. The van der Waals surface area contributed by atoms with Crippen molar-refractivity contribution in [3.63, 3.8) is 0 Å². The molecule has 0 fully saturated rings. The van der Waals surface area contributed by atoms with E-state index in [-0.39, 0.29) is 11.9 Å². The summed E-state index contributed by atoms with van der Waals surface area (Å²) in [7, 11) is 1.87. The van der Waals surface area contributed by atoms with E-state index in [1.807, 2.05) is 18.5 Å². The number of nitrogens with one attached hydrogen (secondary N) is 1. The monoisotopic (exact) mass is 303 g/mol. The molecule has 0 aliphatic rings. The molecule has 0 amide bonds. The van der Waals surface area contributed by atoms with Gasteiger partial charge < -0.3 is 5.32 Å². The second-order valence-electron chi connectivity index (χ2n) is 3.91. The Bertz CT molecular complexity index is 542. The Morgan fingerprint density at radius 3 is 2.61 bits per heavy atom. The van der Waals surface area contributed by atoms with E-state index in [2.05, 4.69) is 5.32 Å². The lowest BCUT2D eigenvalue weighted by Gasteiger charge is -2.16. The van der Waals surface area contributed by atoms with E-state index in [9.17, 15) is 4.39 Å². The lowest BCUT2D eigenvalue weighted by Crippen LogP contribution is -2.18. The lowest BCUT2D eigenvalue weighted by atomic mass is 10.0. The minimum absolute atomic E-state index is 0.0838. The molecule has 0 saturated heterocycles. The van der Waals surface area contributed by atoms with Gasteiger partial charge in [-0.1, -0.05) is 29.3 Å². The summed E-state index contributed by atoms with van der Waals surface area (Å²) in [4.78, 5) is 1.07. The Hall–Kier alpha value is -0.610. The molecular formula is C13H12Cl2FNS. The first-order chi connectivity index (χ1) is 8.61. The molecule has 0 saturated carbocycles. The van der Waals surface area contributed by atoms with Crippen LogP contribution in [-0.2, 0) is 6.42 Å². The van der Waals surface area contributed by atoms with Gasteiger partial charge in [-0.25, -0.2) is 4.39 Å². The molecule has 0 aliphatic heterocycles. The van der Waals surface area contributed by atoms with Crippen LogP contribution in [0.15, 0.2) is 29.6 Å². The third-order valence-corrected chi connectivity index (χ3v) is 4.57. The number of hydrogen-bond acceptors (Lipinski definition) is 2. The number of hydrogen-bond donors (Lipinski definition) is 1. The quantitative estimate of drug-likeness (QED) is 0.863. The molecule has 1 heterocycles. The van der Waals surface area contributed by atoms with Crippen LogP contribution in [0.1, 0.15) is 16.5 Å². The van der Waals surface area contributed by atoms with E-state index in [0.717, 1.165) is 15.5 Å². The summed E-state index contributed by atoms with van der Waals surface area (Å²) in [6.07, 6.45) is 0.676. The van der Waals surface area contributed by atoms with E-state index < -0.39 is 0 Å². The van der Waals surface area contributed by atoms with Gasteiger partial charge in [-0.05, 0) is 42.6 Å². The Kier molecular flexibility index (Phi) is 4.62. The minimum Gasteiger partial charge on any atom is -0.312 e. The fourth-order valence-electron chi connectivity index (χ4n) is 1.79. The van der Waals surface area contributed by atoms with Gasteiger partial charge in [-0.15, -0.1) is 11.3 Å². The molecule has 1 N–H and O–H groups in total. The lowest BCUT2D eigenvalue weighted by molar-refractivity contribution is 0.598. The Morgan fingerprint density at radius 2 is 2.06 bits per heavy atom. The SMILES string of the molecule is CNC(Cc1ccc(F)cc1Cl)c1sccc1Cl. The van der Waals surface area contributed by atoms with Gasteiger partial charge in [0.15, 0.2) is 0 Å². The standard InChI is InChI=1S/C13H12Cl2FNS/c1-17-12(13-10(14)4-5-18-13)6-8-2-3-9(16)7-11(8)15/h2-5,7,12,17H,6H2,1H3. The Labute approximate surface area is 120 Å². The highest BCUT2D eigenvalue weighted by molar-refractivity contribution is 7.10. The highest BCUT2D eigenvalue weighted by atomic mass is 35.5. The molecule has 0 aliphatic carbocycles. The number of likely N-dealkylation sites (N-methyl/N-ethyl adjacent to an activating group) is 1. The zero-order chi connectivity index (χ0) is 13.1. The van der Waals surface area contributed by atoms with Crippen LogP contribution in [0.2, 0.25) is 10.0 Å². The van der Waals surface area contributed by atoms with Crippen molar-refractivity contribution in [2.24, 2.45) is 0 Å². The zero-order valence-electron chi connectivity index (χ0n) is 9.71. The van der Waals surface area contributed by atoms with Crippen LogP contribution in [0.5, 0.6) is 0 Å². The smallest absolute Gasteiger partial charge is 0.124 e. The van der Waals surface area contributed by atoms with Crippen molar-refractivity contribution in [1.29, 1.82) is 0 Å². The topological polar surface area (TPSA) is 12.0 Å². The summed E-state index contributed by atoms with van der Waals surface area (Å²) in [6.45, 7) is 0. The maximum Gasteiger partial charge on any atom is 0.124 e. The van der Waals surface area contributed by atoms with Gasteiger partial charge >= 0.3 is 0 Å². The van der Waals surface area contributed by atoms with E-state index in [1.54, 1.807) is 17.4 Å². The zero-order valence-corrected chi connectivity index (χ0v) is 12.0. The van der Waals surface area contributed by atoms with Gasteiger partial charge in [0.05, 0.1) is 5.02 Å². The highest BCUT2D eigenvalue weighted by Crippen LogP contribution is 2.32. The van der Waals surface area contributed by atoms with E-state index >= 15 is 0 Å². The average Bonchev–Trinajstić information content (AvgIpc) is 2.75. The molecule has 0 spiro atoms. The molecule has 2 aromatic rings. The normalized spacial score (nSPS) is 12.7. The predicted octanol–water partition coefficient (Wildman–Crippen LogP) is 4.70. The van der Waals surface area contributed by atoms with Crippen molar-refractivity contribution in [3.05, 3.63) is 55.9 Å². The fourth-order valence-corrected chi connectivity index (χ4v) is 3.33. The molecule has 0 radical (unpaired) electrons. The molecule has 2 rings (SSSR count). The van der Waals surface area contributed by atoms with E-state index in [4.69, 9.17) is 23.2 Å². The van der Waals surface area contributed by atoms with Crippen LogP contribution in [-0.4, -0.2) is 7.05 Å². The molecule has 1 unspecified atom stereocenters. The molecular weight excluding hydrogens is 292 g/mol. The highest BCUT2D eigenvalue weighted by Gasteiger charge is 2.16. The van der Waals surface area contributed by atoms with Crippen molar-refractivity contribution >= 4 is 34.5 Å². The molecule has 5 heteroatoms. The summed E-state index contributed by atoms with van der Waals surface area (Å²) >= 11 is 13.8. The molecule has 0 bridgehead atoms. The summed E-state index contributed by atoms with van der Waals surface area (Å²) in [5.74, 6) is -0.320. The molecule has 1 nitrogen and oxygen atoms in total. The molecule has 1 atom stereocenters. The number of thiophene rings is 1. The van der Waals surface area contributed by atoms with Crippen molar-refractivity contribution in [2.45, 2.75) is 12.5 Å². The van der Waals surface area contributed by atoms with Gasteiger partial charge in [0.25, 0.3) is 0 Å². The summed E-state index contributed by atoms with van der Waals surface area (Å²) in [5, 5.41) is 6.36. The van der Waals surface area contributed by atoms with Gasteiger partial charge in [-0.3, -0.25) is 0 Å². The van der Waals surface area contributed by atoms with Crippen LogP contribution < -0.4 is 5.32 Å². The van der Waals surface area contributed by atoms with Gasteiger partial charge in [0.2, 0.25) is 0 Å². The summed E-state index contributed by atoms with van der Waals surface area (Å²) in [6, 6.07) is 6.42. The van der Waals surface area contributed by atoms with Gasteiger partial charge in [0, 0.05) is 15.9 Å². The largest absolute Gasteiger partial charge is 0.312 e. The van der Waals surface area contributed by atoms with Gasteiger partial charge in [0.1, 0.15) is 5.82 Å². The van der Waals surface area contributed by atoms with Crippen molar-refractivity contribution in [2.75, 3.05) is 7.05 Å². The van der Waals surface area contributed by atoms with Crippen molar-refractivity contribution in [3.8, 4) is 0 Å². The fraction of sp³-hybridized carbons (Fsp3) is 0.231. The number of rotatable bonds is 4. The van der Waals surface area contributed by atoms with E-state index in [1.165, 1.54) is 12.1 Å². The van der Waals surface area contributed by atoms with Crippen LogP contribution in [0.25, 0.3) is 0 Å². The third-order valence-electron chi connectivity index (χ3n) is 2.75. The molecule has 18 heavy (non-hydrogen) atoms. The average molecular weight is 304 g/mol. The van der Waals surface area contributed by atoms with E-state index in [0.29, 0.717) is 11.4 Å². The third kappa shape index (κ3) is 3.04. The first-order valence-electron chi connectivity index (χ1n) is 5.46. The summed E-state index contributed by atoms with van der Waals surface area (Å²) < 4.78 is 13.0. The van der Waals surface area contributed by atoms with Crippen LogP contribution in [0.3, 0.4) is 0 Å². The summed E-state index contributed by atoms with van der Waals surface area (Å²) in [5.41, 5.74) is 0.905.